The highest BCUT2D eigenvalue weighted by atomic mass is 15.2. The van der Waals surface area contributed by atoms with Crippen LogP contribution in [0.4, 0.5) is 0 Å². The van der Waals surface area contributed by atoms with Crippen LogP contribution in [0.15, 0.2) is 0 Å². The van der Waals surface area contributed by atoms with Gasteiger partial charge < -0.3 is 5.32 Å². The van der Waals surface area contributed by atoms with E-state index in [0.29, 0.717) is 0 Å². The van der Waals surface area contributed by atoms with Crippen molar-refractivity contribution in [3.8, 4) is 0 Å². The standard InChI is InChI=1S/C18H34N2/c1-2-14-20(15-16-8-4-7-13-19-16)17-9-12-18(17)10-5-3-6-11-18/h16-17,19H,2-15H2,1H3. The Hall–Kier alpha value is -0.0800. The molecule has 2 aliphatic carbocycles. The maximum Gasteiger partial charge on any atom is 0.0195 e. The molecule has 3 fully saturated rings. The van der Waals surface area contributed by atoms with Crippen LogP contribution in [-0.2, 0) is 0 Å². The van der Waals surface area contributed by atoms with Crippen molar-refractivity contribution in [3.63, 3.8) is 0 Å². The zero-order valence-electron chi connectivity index (χ0n) is 13.5. The molecule has 3 aliphatic rings. The third-order valence-corrected chi connectivity index (χ3v) is 6.29. The largest absolute Gasteiger partial charge is 0.313 e. The normalized spacial score (nSPS) is 33.3. The molecule has 2 atom stereocenters. The SMILES string of the molecule is CCCN(CC1CCCCN1)C1CCC12CCCCC2. The first-order valence-corrected chi connectivity index (χ1v) is 9.31. The molecule has 116 valence electrons. The Morgan fingerprint density at radius 1 is 1.00 bits per heavy atom. The van der Waals surface area contributed by atoms with Crippen molar-refractivity contribution in [2.45, 2.75) is 89.6 Å². The van der Waals surface area contributed by atoms with Crippen LogP contribution >= 0.6 is 0 Å². The highest BCUT2D eigenvalue weighted by Crippen LogP contribution is 2.53. The van der Waals surface area contributed by atoms with Gasteiger partial charge in [0.1, 0.15) is 0 Å². The summed E-state index contributed by atoms with van der Waals surface area (Å²) in [6.07, 6.45) is 16.1. The minimum Gasteiger partial charge on any atom is -0.313 e. The van der Waals surface area contributed by atoms with E-state index in [1.807, 2.05) is 0 Å². The first kappa shape index (κ1) is 14.8. The molecular weight excluding hydrogens is 244 g/mol. The fraction of sp³-hybridized carbons (Fsp3) is 1.00. The zero-order chi connectivity index (χ0) is 13.8. The second kappa shape index (κ2) is 6.79. The van der Waals surface area contributed by atoms with E-state index < -0.39 is 0 Å². The first-order valence-electron chi connectivity index (χ1n) is 9.31. The second-order valence-electron chi connectivity index (χ2n) is 7.62. The Morgan fingerprint density at radius 3 is 2.45 bits per heavy atom. The van der Waals surface area contributed by atoms with Crippen molar-refractivity contribution in [2.24, 2.45) is 5.41 Å². The van der Waals surface area contributed by atoms with E-state index in [-0.39, 0.29) is 0 Å². The van der Waals surface area contributed by atoms with Crippen LogP contribution in [0.3, 0.4) is 0 Å². The molecule has 0 aromatic rings. The molecule has 3 rings (SSSR count). The van der Waals surface area contributed by atoms with Gasteiger partial charge in [-0.3, -0.25) is 4.90 Å². The van der Waals surface area contributed by atoms with Crippen molar-refractivity contribution < 1.29 is 0 Å². The molecule has 1 heterocycles. The number of piperidine rings is 1. The van der Waals surface area contributed by atoms with E-state index >= 15 is 0 Å². The summed E-state index contributed by atoms with van der Waals surface area (Å²) in [4.78, 5) is 2.89. The van der Waals surface area contributed by atoms with Crippen LogP contribution < -0.4 is 5.32 Å². The van der Waals surface area contributed by atoms with Gasteiger partial charge in [-0.15, -0.1) is 0 Å². The lowest BCUT2D eigenvalue weighted by Crippen LogP contribution is -2.59. The molecule has 0 radical (unpaired) electrons. The van der Waals surface area contributed by atoms with Gasteiger partial charge in [-0.2, -0.15) is 0 Å². The van der Waals surface area contributed by atoms with Gasteiger partial charge in [0.15, 0.2) is 0 Å². The number of rotatable bonds is 5. The number of nitrogens with one attached hydrogen (secondary N) is 1. The third kappa shape index (κ3) is 3.06. The van der Waals surface area contributed by atoms with E-state index in [9.17, 15) is 0 Å². The molecule has 0 aromatic carbocycles. The number of hydrogen-bond donors (Lipinski definition) is 1. The molecule has 2 unspecified atom stereocenters. The lowest BCUT2D eigenvalue weighted by Gasteiger charge is -2.57. The van der Waals surface area contributed by atoms with Crippen LogP contribution in [-0.4, -0.2) is 36.6 Å². The monoisotopic (exact) mass is 278 g/mol. The topological polar surface area (TPSA) is 15.3 Å². The molecule has 2 nitrogen and oxygen atoms in total. The van der Waals surface area contributed by atoms with E-state index in [0.717, 1.165) is 17.5 Å². The average molecular weight is 278 g/mol. The van der Waals surface area contributed by atoms with E-state index in [1.54, 1.807) is 0 Å². The highest BCUT2D eigenvalue weighted by molar-refractivity contribution is 5.03. The molecule has 20 heavy (non-hydrogen) atoms. The zero-order valence-corrected chi connectivity index (χ0v) is 13.5. The number of nitrogens with zero attached hydrogens (tertiary/aromatic N) is 1. The Bertz CT molecular complexity index is 290. The molecule has 0 bridgehead atoms. The summed E-state index contributed by atoms with van der Waals surface area (Å²) in [5, 5.41) is 3.76. The molecule has 0 amide bonds. The third-order valence-electron chi connectivity index (χ3n) is 6.29. The fourth-order valence-corrected chi connectivity index (χ4v) is 5.12. The average Bonchev–Trinajstić information content (AvgIpc) is 2.48. The summed E-state index contributed by atoms with van der Waals surface area (Å²) in [7, 11) is 0. The van der Waals surface area contributed by atoms with E-state index in [2.05, 4.69) is 17.1 Å². The Kier molecular flexibility index (Phi) is 5.04. The summed E-state index contributed by atoms with van der Waals surface area (Å²) in [5.74, 6) is 0. The summed E-state index contributed by atoms with van der Waals surface area (Å²) in [6.45, 7) is 6.25. The molecule has 2 heteroatoms. The van der Waals surface area contributed by atoms with Crippen LogP contribution in [0, 0.1) is 5.41 Å². The highest BCUT2D eigenvalue weighted by Gasteiger charge is 2.49. The molecule has 2 saturated carbocycles. The van der Waals surface area contributed by atoms with Gasteiger partial charge in [-0.1, -0.05) is 32.6 Å². The number of hydrogen-bond acceptors (Lipinski definition) is 2. The van der Waals surface area contributed by atoms with E-state index in [4.69, 9.17) is 0 Å². The van der Waals surface area contributed by atoms with Crippen molar-refractivity contribution in [1.82, 2.24) is 10.2 Å². The minimum absolute atomic E-state index is 0.738. The van der Waals surface area contributed by atoms with Gasteiger partial charge in [0, 0.05) is 18.6 Å². The lowest BCUT2D eigenvalue weighted by molar-refractivity contribution is -0.0567. The van der Waals surface area contributed by atoms with Crippen LogP contribution in [0.2, 0.25) is 0 Å². The fourth-order valence-electron chi connectivity index (χ4n) is 5.12. The van der Waals surface area contributed by atoms with Gasteiger partial charge in [-0.25, -0.2) is 0 Å². The van der Waals surface area contributed by atoms with Gasteiger partial charge in [0.05, 0.1) is 0 Å². The molecule has 1 saturated heterocycles. The smallest absolute Gasteiger partial charge is 0.0195 e. The van der Waals surface area contributed by atoms with Crippen molar-refractivity contribution >= 4 is 0 Å². The Balaban J connectivity index is 1.60. The summed E-state index contributed by atoms with van der Waals surface area (Å²) in [5.41, 5.74) is 0.738. The van der Waals surface area contributed by atoms with Crippen LogP contribution in [0.1, 0.15) is 77.6 Å². The Labute approximate surface area is 125 Å². The summed E-state index contributed by atoms with van der Waals surface area (Å²) in [6, 6.07) is 1.70. The van der Waals surface area contributed by atoms with Crippen molar-refractivity contribution in [3.05, 3.63) is 0 Å². The maximum atomic E-state index is 3.76. The predicted octanol–water partition coefficient (Wildman–Crippen LogP) is 3.95. The molecule has 1 aliphatic heterocycles. The maximum absolute atomic E-state index is 3.76. The minimum atomic E-state index is 0.738. The lowest BCUT2D eigenvalue weighted by atomic mass is 9.56. The van der Waals surface area contributed by atoms with Gasteiger partial charge >= 0.3 is 0 Å². The van der Waals surface area contributed by atoms with Crippen molar-refractivity contribution in [1.29, 1.82) is 0 Å². The van der Waals surface area contributed by atoms with Crippen molar-refractivity contribution in [2.75, 3.05) is 19.6 Å². The van der Waals surface area contributed by atoms with Gasteiger partial charge in [0.2, 0.25) is 0 Å². The molecular formula is C18H34N2. The summed E-state index contributed by atoms with van der Waals surface area (Å²) < 4.78 is 0. The van der Waals surface area contributed by atoms with Gasteiger partial charge in [-0.05, 0) is 63.5 Å². The van der Waals surface area contributed by atoms with E-state index in [1.165, 1.54) is 90.3 Å². The quantitative estimate of drug-likeness (QED) is 0.819. The van der Waals surface area contributed by atoms with Crippen LogP contribution in [0.25, 0.3) is 0 Å². The predicted molar refractivity (Wildman–Crippen MR) is 86.0 cm³/mol. The second-order valence-corrected chi connectivity index (χ2v) is 7.62. The summed E-state index contributed by atoms with van der Waals surface area (Å²) >= 11 is 0. The van der Waals surface area contributed by atoms with Crippen LogP contribution in [0.5, 0.6) is 0 Å². The first-order chi connectivity index (χ1) is 9.84. The molecule has 0 aromatic heterocycles. The van der Waals surface area contributed by atoms with Gasteiger partial charge in [0.25, 0.3) is 0 Å². The Morgan fingerprint density at radius 2 is 1.85 bits per heavy atom. The molecule has 1 spiro atoms. The molecule has 1 N–H and O–H groups in total.